The number of benzene rings is 1. The maximum atomic E-state index is 11.4. The molecule has 1 aromatic carbocycles. The molecule has 2 heterocycles. The molecule has 3 N–H and O–H groups in total. The molecule has 0 saturated heterocycles. The molecule has 1 amide bonds. The Morgan fingerprint density at radius 3 is 2.74 bits per heavy atom. The van der Waals surface area contributed by atoms with Crippen molar-refractivity contribution in [2.24, 2.45) is 0 Å². The Balaban J connectivity index is 0.000000277. The highest BCUT2D eigenvalue weighted by molar-refractivity contribution is 6.35. The van der Waals surface area contributed by atoms with Gasteiger partial charge in [0.25, 0.3) is 0 Å². The average Bonchev–Trinajstić information content (AvgIpc) is 2.91. The number of rotatable bonds is 0. The van der Waals surface area contributed by atoms with Crippen LogP contribution in [0.5, 0.6) is 0 Å². The average molecular weight is 350 g/mol. The monoisotopic (exact) mass is 349 g/mol. The molecule has 126 valence electrons. The Bertz CT molecular complexity index is 715. The third-order valence-electron chi connectivity index (χ3n) is 3.45. The first-order chi connectivity index (χ1) is 10.7. The van der Waals surface area contributed by atoms with Crippen molar-refractivity contribution in [2.45, 2.75) is 38.6 Å². The summed E-state index contributed by atoms with van der Waals surface area (Å²) in [5, 5.41) is 20.5. The van der Waals surface area contributed by atoms with Gasteiger partial charge in [-0.05, 0) is 17.2 Å². The zero-order chi connectivity index (χ0) is 17.2. The van der Waals surface area contributed by atoms with Gasteiger partial charge >= 0.3 is 6.18 Å². The molecule has 9 heteroatoms. The van der Waals surface area contributed by atoms with Crippen LogP contribution in [0.25, 0.3) is 10.9 Å². The Morgan fingerprint density at radius 2 is 2.13 bits per heavy atom. The van der Waals surface area contributed by atoms with Gasteiger partial charge in [0.2, 0.25) is 5.91 Å². The Kier molecular flexibility index (Phi) is 5.16. The third-order valence-corrected chi connectivity index (χ3v) is 3.75. The predicted molar refractivity (Wildman–Crippen MR) is 79.0 cm³/mol. The summed E-state index contributed by atoms with van der Waals surface area (Å²) in [6.07, 6.45) is -3.74. The first-order valence-corrected chi connectivity index (χ1v) is 7.26. The van der Waals surface area contributed by atoms with Crippen LogP contribution in [0, 0.1) is 0 Å². The van der Waals surface area contributed by atoms with Crippen LogP contribution < -0.4 is 5.32 Å². The number of alkyl halides is 3. The molecule has 1 aliphatic rings. The van der Waals surface area contributed by atoms with Crippen LogP contribution in [0.3, 0.4) is 0 Å². The second-order valence-electron chi connectivity index (χ2n) is 5.06. The van der Waals surface area contributed by atoms with E-state index in [2.05, 4.69) is 15.5 Å². The zero-order valence-electron chi connectivity index (χ0n) is 12.2. The van der Waals surface area contributed by atoms with Crippen LogP contribution in [-0.2, 0) is 17.8 Å². The first kappa shape index (κ1) is 17.6. The number of nitrogens with one attached hydrogen (secondary N) is 2. The Morgan fingerprint density at radius 1 is 1.48 bits per heavy atom. The fraction of sp³-hybridized carbons (Fsp3) is 0.429. The van der Waals surface area contributed by atoms with Crippen molar-refractivity contribution in [3.63, 3.8) is 0 Å². The number of carbonyl (C=O) groups is 1. The van der Waals surface area contributed by atoms with Gasteiger partial charge in [-0.25, -0.2) is 0 Å². The van der Waals surface area contributed by atoms with Gasteiger partial charge in [-0.3, -0.25) is 9.89 Å². The highest BCUT2D eigenvalue weighted by Crippen LogP contribution is 2.30. The molecule has 2 aromatic rings. The van der Waals surface area contributed by atoms with Gasteiger partial charge in [0.1, 0.15) is 6.10 Å². The number of amides is 1. The molecule has 0 unspecified atom stereocenters. The van der Waals surface area contributed by atoms with Crippen molar-refractivity contribution in [3.05, 3.63) is 28.4 Å². The van der Waals surface area contributed by atoms with Gasteiger partial charge in [0.15, 0.2) is 0 Å². The SMILES string of the molecule is CCC(F)(F)F.O=C1NCc2c(cc(Cl)c3[nH]ncc23)C[C@H]1O. The molecule has 1 aliphatic heterocycles. The van der Waals surface area contributed by atoms with E-state index >= 15 is 0 Å². The summed E-state index contributed by atoms with van der Waals surface area (Å²) in [5.74, 6) is -0.353. The van der Waals surface area contributed by atoms with E-state index in [0.29, 0.717) is 11.6 Å². The number of halogens is 4. The molecule has 1 aromatic heterocycles. The van der Waals surface area contributed by atoms with Gasteiger partial charge in [-0.2, -0.15) is 18.3 Å². The molecular formula is C14H15ClF3N3O2. The van der Waals surface area contributed by atoms with E-state index in [1.54, 1.807) is 12.3 Å². The number of aromatic amines is 1. The number of nitrogens with zero attached hydrogens (tertiary/aromatic N) is 1. The van der Waals surface area contributed by atoms with Crippen LogP contribution in [0.2, 0.25) is 5.02 Å². The van der Waals surface area contributed by atoms with E-state index < -0.39 is 18.7 Å². The molecular weight excluding hydrogens is 335 g/mol. The lowest BCUT2D eigenvalue weighted by Gasteiger charge is -2.08. The molecule has 5 nitrogen and oxygen atoms in total. The normalized spacial score (nSPS) is 17.8. The molecule has 1 atom stereocenters. The summed E-state index contributed by atoms with van der Waals surface area (Å²) in [4.78, 5) is 11.4. The number of hydrogen-bond donors (Lipinski definition) is 3. The summed E-state index contributed by atoms with van der Waals surface area (Å²) in [5.41, 5.74) is 2.61. The van der Waals surface area contributed by atoms with Crippen LogP contribution >= 0.6 is 11.6 Å². The number of aromatic nitrogens is 2. The number of carbonyl (C=O) groups excluding carboxylic acids is 1. The Hall–Kier alpha value is -1.80. The summed E-state index contributed by atoms with van der Waals surface area (Å²) in [6.45, 7) is 1.47. The molecule has 0 radical (unpaired) electrons. The van der Waals surface area contributed by atoms with Crippen molar-refractivity contribution in [1.82, 2.24) is 15.5 Å². The fourth-order valence-electron chi connectivity index (χ4n) is 2.17. The van der Waals surface area contributed by atoms with Crippen LogP contribution in [0.4, 0.5) is 13.2 Å². The quantitative estimate of drug-likeness (QED) is 0.684. The van der Waals surface area contributed by atoms with Gasteiger partial charge < -0.3 is 10.4 Å². The Labute approximate surface area is 134 Å². The summed E-state index contributed by atoms with van der Waals surface area (Å²) >= 11 is 6.11. The molecule has 0 spiro atoms. The standard InChI is InChI=1S/C11H10ClN3O2.C3H5F3/c12-8-1-5-2-9(16)11(17)13-3-6(5)7-4-14-15-10(7)8;1-2-3(4,5)6/h1,4,9,16H,2-3H2,(H,13,17)(H,14,15);2H2,1H3/t9-;/m1./s1. The second-order valence-corrected chi connectivity index (χ2v) is 5.47. The minimum atomic E-state index is -3.96. The van der Waals surface area contributed by atoms with Crippen molar-refractivity contribution in [2.75, 3.05) is 0 Å². The number of aliphatic hydroxyl groups excluding tert-OH is 1. The maximum absolute atomic E-state index is 11.4. The number of hydrogen-bond acceptors (Lipinski definition) is 3. The highest BCUT2D eigenvalue weighted by atomic mass is 35.5. The molecule has 0 saturated carbocycles. The van der Waals surface area contributed by atoms with E-state index in [-0.39, 0.29) is 12.3 Å². The van der Waals surface area contributed by atoms with E-state index in [1.165, 1.54) is 0 Å². The first-order valence-electron chi connectivity index (χ1n) is 6.88. The van der Waals surface area contributed by atoms with Crippen molar-refractivity contribution >= 4 is 28.4 Å². The minimum absolute atomic E-state index is 0.280. The van der Waals surface area contributed by atoms with E-state index in [1.807, 2.05) is 0 Å². The van der Waals surface area contributed by atoms with Gasteiger partial charge in [-0.15, -0.1) is 0 Å². The third kappa shape index (κ3) is 4.14. The molecule has 23 heavy (non-hydrogen) atoms. The van der Waals surface area contributed by atoms with Crippen molar-refractivity contribution in [1.29, 1.82) is 0 Å². The molecule has 3 rings (SSSR count). The van der Waals surface area contributed by atoms with Crippen molar-refractivity contribution in [3.8, 4) is 0 Å². The lowest BCUT2D eigenvalue weighted by Crippen LogP contribution is -2.32. The lowest BCUT2D eigenvalue weighted by atomic mass is 10.00. The molecule has 0 aliphatic carbocycles. The van der Waals surface area contributed by atoms with Crippen molar-refractivity contribution < 1.29 is 23.1 Å². The largest absolute Gasteiger partial charge is 0.388 e. The topological polar surface area (TPSA) is 78.0 Å². The van der Waals surface area contributed by atoms with E-state index in [0.717, 1.165) is 29.0 Å². The fourth-order valence-corrected chi connectivity index (χ4v) is 2.44. The van der Waals surface area contributed by atoms with Crippen LogP contribution in [0.1, 0.15) is 24.5 Å². The number of fused-ring (bicyclic) bond motifs is 3. The van der Waals surface area contributed by atoms with E-state index in [9.17, 15) is 23.1 Å². The second kappa shape index (κ2) is 6.76. The summed E-state index contributed by atoms with van der Waals surface area (Å²) in [6, 6.07) is 1.78. The zero-order valence-corrected chi connectivity index (χ0v) is 12.9. The molecule has 0 bridgehead atoms. The van der Waals surface area contributed by atoms with Gasteiger partial charge in [0, 0.05) is 24.8 Å². The summed E-state index contributed by atoms with van der Waals surface area (Å²) in [7, 11) is 0. The van der Waals surface area contributed by atoms with Crippen LogP contribution in [-0.4, -0.2) is 33.5 Å². The smallest absolute Gasteiger partial charge is 0.383 e. The lowest BCUT2D eigenvalue weighted by molar-refractivity contribution is -0.130. The van der Waals surface area contributed by atoms with Gasteiger partial charge in [0.05, 0.1) is 16.7 Å². The highest BCUT2D eigenvalue weighted by Gasteiger charge is 2.24. The van der Waals surface area contributed by atoms with E-state index in [4.69, 9.17) is 11.6 Å². The summed E-state index contributed by atoms with van der Waals surface area (Å²) < 4.78 is 32.4. The predicted octanol–water partition coefficient (Wildman–Crippen LogP) is 2.71. The number of aliphatic hydroxyl groups is 1. The minimum Gasteiger partial charge on any atom is -0.383 e. The van der Waals surface area contributed by atoms with Gasteiger partial charge in [-0.1, -0.05) is 18.5 Å². The maximum Gasteiger partial charge on any atom is 0.388 e. The number of H-pyrrole nitrogens is 1. The van der Waals surface area contributed by atoms with Crippen LogP contribution in [0.15, 0.2) is 12.3 Å². The molecule has 0 fully saturated rings.